The zero-order valence-corrected chi connectivity index (χ0v) is 23.8. The van der Waals surface area contributed by atoms with Crippen molar-refractivity contribution < 1.29 is 28.8 Å². The number of phenols is 1. The SMILES string of the molecule is CCOC(=O)C1=C(C)N=c2s/c(=C\c3cc(I)c(O)c(OC)c3)c(=O)n2[C@@H]1c1cc(OC)ccc1OC. The lowest BCUT2D eigenvalue weighted by Crippen LogP contribution is -2.40. The molecule has 0 amide bonds. The molecule has 11 heteroatoms. The van der Waals surface area contributed by atoms with Crippen molar-refractivity contribution in [3.05, 3.63) is 76.0 Å². The molecule has 3 aromatic rings. The van der Waals surface area contributed by atoms with Crippen LogP contribution in [0.25, 0.3) is 6.08 Å². The van der Waals surface area contributed by atoms with Gasteiger partial charge in [-0.1, -0.05) is 11.3 Å². The van der Waals surface area contributed by atoms with Crippen LogP contribution in [0.5, 0.6) is 23.0 Å². The fourth-order valence-electron chi connectivity index (χ4n) is 4.12. The standard InChI is InChI=1S/C26H25IN2O7S/c1-6-36-25(32)21-13(2)28-26-29(22(21)16-12-15(33-3)7-8-18(16)34-4)24(31)20(37-26)11-14-9-17(27)23(30)19(10-14)35-5/h7-12,22,30H,6H2,1-5H3/b20-11-/t22-/m1/s1. The van der Waals surface area contributed by atoms with Gasteiger partial charge in [-0.25, -0.2) is 9.79 Å². The van der Waals surface area contributed by atoms with E-state index in [1.807, 2.05) is 22.6 Å². The maximum Gasteiger partial charge on any atom is 0.338 e. The number of allylic oxidation sites excluding steroid dienone is 1. The number of ether oxygens (including phenoxy) is 4. The van der Waals surface area contributed by atoms with Crippen molar-refractivity contribution >= 4 is 46.0 Å². The number of hydrogen-bond acceptors (Lipinski definition) is 9. The fraction of sp³-hybridized carbons (Fsp3) is 0.269. The van der Waals surface area contributed by atoms with E-state index in [-0.39, 0.29) is 23.5 Å². The molecular formula is C26H25IN2O7S. The molecule has 2 heterocycles. The van der Waals surface area contributed by atoms with Gasteiger partial charge in [0, 0.05) is 5.56 Å². The van der Waals surface area contributed by atoms with Gasteiger partial charge in [0.1, 0.15) is 17.5 Å². The number of nitrogens with zero attached hydrogens (tertiary/aromatic N) is 2. The molecule has 37 heavy (non-hydrogen) atoms. The number of rotatable bonds is 7. The van der Waals surface area contributed by atoms with Gasteiger partial charge in [-0.3, -0.25) is 9.36 Å². The Morgan fingerprint density at radius 3 is 2.54 bits per heavy atom. The van der Waals surface area contributed by atoms with Gasteiger partial charge in [0.05, 0.1) is 47.3 Å². The molecule has 1 aliphatic rings. The summed E-state index contributed by atoms with van der Waals surface area (Å²) < 4.78 is 24.1. The first-order valence-corrected chi connectivity index (χ1v) is 13.1. The first-order chi connectivity index (χ1) is 17.7. The van der Waals surface area contributed by atoms with Gasteiger partial charge in [-0.05, 0) is 78.4 Å². The summed E-state index contributed by atoms with van der Waals surface area (Å²) in [5.41, 5.74) is 1.58. The lowest BCUT2D eigenvalue weighted by molar-refractivity contribution is -0.139. The predicted molar refractivity (Wildman–Crippen MR) is 147 cm³/mol. The molecule has 2 aromatic carbocycles. The van der Waals surface area contributed by atoms with Gasteiger partial charge in [0.15, 0.2) is 16.3 Å². The number of phenolic OH excluding ortho intramolecular Hbond substituents is 1. The monoisotopic (exact) mass is 636 g/mol. The zero-order valence-electron chi connectivity index (χ0n) is 20.8. The van der Waals surface area contributed by atoms with Crippen LogP contribution in [0.1, 0.15) is 31.0 Å². The normalized spacial score (nSPS) is 15.2. The third-order valence-corrected chi connectivity index (χ3v) is 7.62. The van der Waals surface area contributed by atoms with Crippen molar-refractivity contribution in [2.45, 2.75) is 19.9 Å². The Labute approximate surface area is 230 Å². The van der Waals surface area contributed by atoms with Gasteiger partial charge in [-0.15, -0.1) is 0 Å². The second-order valence-electron chi connectivity index (χ2n) is 7.96. The second kappa shape index (κ2) is 11.0. The highest BCUT2D eigenvalue weighted by Crippen LogP contribution is 2.38. The molecular weight excluding hydrogens is 611 g/mol. The van der Waals surface area contributed by atoms with E-state index in [1.54, 1.807) is 50.3 Å². The van der Waals surface area contributed by atoms with Crippen LogP contribution in [0.15, 0.2) is 51.4 Å². The Bertz CT molecular complexity index is 1590. The van der Waals surface area contributed by atoms with Crippen LogP contribution in [-0.4, -0.2) is 43.6 Å². The first kappa shape index (κ1) is 26.7. The van der Waals surface area contributed by atoms with E-state index in [0.29, 0.717) is 47.0 Å². The van der Waals surface area contributed by atoms with Crippen LogP contribution in [0.2, 0.25) is 0 Å². The van der Waals surface area contributed by atoms with Gasteiger partial charge in [-0.2, -0.15) is 0 Å². The average Bonchev–Trinajstić information content (AvgIpc) is 3.18. The number of aromatic hydroxyl groups is 1. The summed E-state index contributed by atoms with van der Waals surface area (Å²) in [6, 6.07) is 7.75. The molecule has 0 radical (unpaired) electrons. The molecule has 1 aliphatic heterocycles. The number of benzene rings is 2. The molecule has 0 unspecified atom stereocenters. The lowest BCUT2D eigenvalue weighted by Gasteiger charge is -2.26. The minimum Gasteiger partial charge on any atom is -0.504 e. The summed E-state index contributed by atoms with van der Waals surface area (Å²) in [6.45, 7) is 3.61. The summed E-state index contributed by atoms with van der Waals surface area (Å²) in [7, 11) is 4.52. The molecule has 9 nitrogen and oxygen atoms in total. The smallest absolute Gasteiger partial charge is 0.338 e. The maximum absolute atomic E-state index is 13.8. The molecule has 0 fully saturated rings. The molecule has 1 aromatic heterocycles. The summed E-state index contributed by atoms with van der Waals surface area (Å²) in [5.74, 6) is 0.786. The van der Waals surface area contributed by atoms with E-state index < -0.39 is 12.0 Å². The van der Waals surface area contributed by atoms with E-state index in [4.69, 9.17) is 18.9 Å². The predicted octanol–water partition coefficient (Wildman–Crippen LogP) is 3.13. The van der Waals surface area contributed by atoms with Gasteiger partial charge < -0.3 is 24.1 Å². The van der Waals surface area contributed by atoms with E-state index in [0.717, 1.165) is 0 Å². The van der Waals surface area contributed by atoms with Crippen molar-refractivity contribution in [2.75, 3.05) is 27.9 Å². The number of carbonyl (C=O) groups excluding carboxylic acids is 1. The van der Waals surface area contributed by atoms with Crippen LogP contribution < -0.4 is 29.1 Å². The molecule has 0 saturated heterocycles. The largest absolute Gasteiger partial charge is 0.504 e. The van der Waals surface area contributed by atoms with E-state index >= 15 is 0 Å². The van der Waals surface area contributed by atoms with Crippen molar-refractivity contribution in [1.29, 1.82) is 0 Å². The number of halogens is 1. The molecule has 4 rings (SSSR count). The number of esters is 1. The number of methoxy groups -OCH3 is 3. The van der Waals surface area contributed by atoms with E-state index in [2.05, 4.69) is 4.99 Å². The van der Waals surface area contributed by atoms with Crippen LogP contribution in [0, 0.1) is 3.57 Å². The van der Waals surface area contributed by atoms with E-state index in [9.17, 15) is 14.7 Å². The summed E-state index contributed by atoms with van der Waals surface area (Å²) >= 11 is 3.20. The van der Waals surface area contributed by atoms with Crippen LogP contribution in [0.4, 0.5) is 0 Å². The summed E-state index contributed by atoms with van der Waals surface area (Å²) in [4.78, 5) is 32.0. The number of aromatic nitrogens is 1. The number of fused-ring (bicyclic) bond motifs is 1. The van der Waals surface area contributed by atoms with Gasteiger partial charge in [0.2, 0.25) is 0 Å². The minimum atomic E-state index is -0.850. The van der Waals surface area contributed by atoms with Crippen LogP contribution in [-0.2, 0) is 9.53 Å². The molecule has 0 aliphatic carbocycles. The summed E-state index contributed by atoms with van der Waals surface area (Å²) in [6.07, 6.45) is 1.71. The average molecular weight is 636 g/mol. The molecule has 194 valence electrons. The highest BCUT2D eigenvalue weighted by molar-refractivity contribution is 14.1. The number of thiazole rings is 1. The number of carbonyl (C=O) groups is 1. The first-order valence-electron chi connectivity index (χ1n) is 11.2. The maximum atomic E-state index is 13.8. The van der Waals surface area contributed by atoms with Gasteiger partial charge in [0.25, 0.3) is 5.56 Å². The molecule has 1 N–H and O–H groups in total. The summed E-state index contributed by atoms with van der Waals surface area (Å²) in [5, 5.41) is 10.2. The van der Waals surface area contributed by atoms with Crippen molar-refractivity contribution in [1.82, 2.24) is 4.57 Å². The minimum absolute atomic E-state index is 0.0292. The van der Waals surface area contributed by atoms with Gasteiger partial charge >= 0.3 is 5.97 Å². The van der Waals surface area contributed by atoms with Crippen molar-refractivity contribution in [3.63, 3.8) is 0 Å². The third-order valence-electron chi connectivity index (χ3n) is 5.82. The zero-order chi connectivity index (χ0) is 26.9. The number of hydrogen-bond donors (Lipinski definition) is 1. The van der Waals surface area contributed by atoms with Crippen LogP contribution >= 0.6 is 33.9 Å². The second-order valence-corrected chi connectivity index (χ2v) is 10.1. The van der Waals surface area contributed by atoms with Crippen molar-refractivity contribution in [2.24, 2.45) is 4.99 Å². The Morgan fingerprint density at radius 1 is 1.16 bits per heavy atom. The fourth-order valence-corrected chi connectivity index (χ4v) is 5.79. The third kappa shape index (κ3) is 4.97. The van der Waals surface area contributed by atoms with Crippen molar-refractivity contribution in [3.8, 4) is 23.0 Å². The molecule has 0 bridgehead atoms. The van der Waals surface area contributed by atoms with Crippen LogP contribution in [0.3, 0.4) is 0 Å². The molecule has 0 spiro atoms. The Morgan fingerprint density at radius 2 is 1.89 bits per heavy atom. The molecule has 0 saturated carbocycles. The highest BCUT2D eigenvalue weighted by Gasteiger charge is 2.35. The Kier molecular flexibility index (Phi) is 7.93. The van der Waals surface area contributed by atoms with E-state index in [1.165, 1.54) is 37.2 Å². The molecule has 1 atom stereocenters. The quantitative estimate of drug-likeness (QED) is 0.314. The topological polar surface area (TPSA) is 109 Å². The lowest BCUT2D eigenvalue weighted by atomic mass is 9.94. The Balaban J connectivity index is 2.01. The highest BCUT2D eigenvalue weighted by atomic mass is 127. The Hall–Kier alpha value is -3.32.